The lowest BCUT2D eigenvalue weighted by Crippen LogP contribution is -2.37. The Morgan fingerprint density at radius 3 is 3.06 bits per heavy atom. The third-order valence-corrected chi connectivity index (χ3v) is 4.46. The van der Waals surface area contributed by atoms with E-state index < -0.39 is 0 Å². The van der Waals surface area contributed by atoms with Gasteiger partial charge in [0.05, 0.1) is 0 Å². The third kappa shape index (κ3) is 4.23. The molecular formula is C14H20BrClN2. The van der Waals surface area contributed by atoms with E-state index in [1.807, 2.05) is 12.1 Å². The lowest BCUT2D eigenvalue weighted by molar-refractivity contribution is 0.206. The second kappa shape index (κ2) is 6.90. The van der Waals surface area contributed by atoms with Crippen molar-refractivity contribution in [3.8, 4) is 0 Å². The molecule has 0 saturated carbocycles. The Morgan fingerprint density at radius 2 is 2.33 bits per heavy atom. The van der Waals surface area contributed by atoms with Crippen LogP contribution < -0.4 is 5.32 Å². The van der Waals surface area contributed by atoms with Gasteiger partial charge in [-0.3, -0.25) is 0 Å². The number of likely N-dealkylation sites (tertiary alicyclic amines) is 1. The van der Waals surface area contributed by atoms with E-state index in [1.165, 1.54) is 31.5 Å². The number of hydrogen-bond acceptors (Lipinski definition) is 2. The maximum atomic E-state index is 5.93. The molecule has 1 aromatic rings. The molecule has 1 aromatic carbocycles. The van der Waals surface area contributed by atoms with Gasteiger partial charge in [0.1, 0.15) is 0 Å². The van der Waals surface area contributed by atoms with Crippen molar-refractivity contribution in [1.82, 2.24) is 10.2 Å². The molecule has 100 valence electrons. The van der Waals surface area contributed by atoms with Gasteiger partial charge in [0, 0.05) is 22.6 Å². The van der Waals surface area contributed by atoms with Crippen LogP contribution in [0.2, 0.25) is 5.02 Å². The highest BCUT2D eigenvalue weighted by atomic mass is 79.9. The Kier molecular flexibility index (Phi) is 5.49. The van der Waals surface area contributed by atoms with Gasteiger partial charge in [-0.1, -0.05) is 33.6 Å². The van der Waals surface area contributed by atoms with Crippen LogP contribution in [-0.2, 0) is 6.54 Å². The van der Waals surface area contributed by atoms with Crippen molar-refractivity contribution >= 4 is 27.5 Å². The first-order valence-corrected chi connectivity index (χ1v) is 7.65. The van der Waals surface area contributed by atoms with E-state index >= 15 is 0 Å². The van der Waals surface area contributed by atoms with Gasteiger partial charge in [0.25, 0.3) is 0 Å². The standard InChI is InChI=1S/C14H20BrClN2/c1-18-6-2-3-11(10-18)8-17-9-12-4-5-13(16)7-14(12)15/h4-5,7,11,17H,2-3,6,8-10H2,1H3. The zero-order chi connectivity index (χ0) is 13.0. The summed E-state index contributed by atoms with van der Waals surface area (Å²) in [6.45, 7) is 4.46. The van der Waals surface area contributed by atoms with Crippen LogP contribution in [0.15, 0.2) is 22.7 Å². The number of benzene rings is 1. The predicted molar refractivity (Wildman–Crippen MR) is 81.1 cm³/mol. The zero-order valence-corrected chi connectivity index (χ0v) is 13.1. The first-order chi connectivity index (χ1) is 8.65. The number of rotatable bonds is 4. The summed E-state index contributed by atoms with van der Waals surface area (Å²) in [5.41, 5.74) is 1.27. The number of halogens is 2. The third-order valence-electron chi connectivity index (χ3n) is 3.49. The predicted octanol–water partition coefficient (Wildman–Crippen LogP) is 3.53. The molecule has 1 unspecified atom stereocenters. The summed E-state index contributed by atoms with van der Waals surface area (Å²) < 4.78 is 1.09. The van der Waals surface area contributed by atoms with E-state index in [2.05, 4.69) is 39.3 Å². The van der Waals surface area contributed by atoms with Crippen molar-refractivity contribution in [2.45, 2.75) is 19.4 Å². The minimum absolute atomic E-state index is 0.777. The summed E-state index contributed by atoms with van der Waals surface area (Å²) in [4.78, 5) is 2.42. The number of nitrogens with one attached hydrogen (secondary N) is 1. The molecule has 2 nitrogen and oxygen atoms in total. The van der Waals surface area contributed by atoms with Crippen LogP contribution in [0.25, 0.3) is 0 Å². The average molecular weight is 332 g/mol. The first kappa shape index (κ1) is 14.3. The quantitative estimate of drug-likeness (QED) is 0.908. The fourth-order valence-electron chi connectivity index (χ4n) is 2.52. The van der Waals surface area contributed by atoms with Crippen molar-refractivity contribution in [2.24, 2.45) is 5.92 Å². The highest BCUT2D eigenvalue weighted by Crippen LogP contribution is 2.21. The molecule has 1 fully saturated rings. The molecule has 0 bridgehead atoms. The van der Waals surface area contributed by atoms with Crippen LogP contribution in [0.1, 0.15) is 18.4 Å². The van der Waals surface area contributed by atoms with E-state index in [0.29, 0.717) is 0 Å². The maximum absolute atomic E-state index is 5.93. The Bertz CT molecular complexity index is 397. The molecule has 1 aliphatic rings. The molecule has 1 heterocycles. The van der Waals surface area contributed by atoms with Crippen LogP contribution in [-0.4, -0.2) is 31.6 Å². The largest absolute Gasteiger partial charge is 0.312 e. The van der Waals surface area contributed by atoms with Gasteiger partial charge in [-0.15, -0.1) is 0 Å². The van der Waals surface area contributed by atoms with E-state index in [1.54, 1.807) is 0 Å². The summed E-state index contributed by atoms with van der Waals surface area (Å²) in [5, 5.41) is 4.33. The minimum atomic E-state index is 0.777. The molecular weight excluding hydrogens is 312 g/mol. The summed E-state index contributed by atoms with van der Waals surface area (Å²) in [7, 11) is 2.21. The zero-order valence-electron chi connectivity index (χ0n) is 10.8. The molecule has 18 heavy (non-hydrogen) atoms. The van der Waals surface area contributed by atoms with Gasteiger partial charge < -0.3 is 10.2 Å². The van der Waals surface area contributed by atoms with Gasteiger partial charge in [-0.25, -0.2) is 0 Å². The average Bonchev–Trinajstić information content (AvgIpc) is 2.32. The minimum Gasteiger partial charge on any atom is -0.312 e. The number of hydrogen-bond donors (Lipinski definition) is 1. The highest BCUT2D eigenvalue weighted by Gasteiger charge is 2.16. The molecule has 1 aliphatic heterocycles. The van der Waals surface area contributed by atoms with Crippen molar-refractivity contribution in [1.29, 1.82) is 0 Å². The first-order valence-electron chi connectivity index (χ1n) is 6.48. The normalized spacial score (nSPS) is 21.2. The lowest BCUT2D eigenvalue weighted by atomic mass is 9.98. The van der Waals surface area contributed by atoms with Gasteiger partial charge in [-0.05, 0) is 56.6 Å². The molecule has 0 aliphatic carbocycles. The Morgan fingerprint density at radius 1 is 1.50 bits per heavy atom. The fourth-order valence-corrected chi connectivity index (χ4v) is 3.34. The summed E-state index contributed by atoms with van der Waals surface area (Å²) in [6.07, 6.45) is 2.67. The van der Waals surface area contributed by atoms with Crippen LogP contribution >= 0.6 is 27.5 Å². The molecule has 0 spiro atoms. The maximum Gasteiger partial charge on any atom is 0.0417 e. The van der Waals surface area contributed by atoms with E-state index in [4.69, 9.17) is 11.6 Å². The van der Waals surface area contributed by atoms with Gasteiger partial charge in [-0.2, -0.15) is 0 Å². The Labute approximate surface area is 123 Å². The molecule has 0 radical (unpaired) electrons. The molecule has 1 atom stereocenters. The fraction of sp³-hybridized carbons (Fsp3) is 0.571. The van der Waals surface area contributed by atoms with Gasteiger partial charge in [0.15, 0.2) is 0 Å². The monoisotopic (exact) mass is 330 g/mol. The summed E-state index contributed by atoms with van der Waals surface area (Å²) in [5.74, 6) is 0.787. The van der Waals surface area contributed by atoms with Gasteiger partial charge in [0.2, 0.25) is 0 Å². The number of piperidine rings is 1. The summed E-state index contributed by atoms with van der Waals surface area (Å²) >= 11 is 9.48. The van der Waals surface area contributed by atoms with Crippen LogP contribution in [0.4, 0.5) is 0 Å². The van der Waals surface area contributed by atoms with Crippen LogP contribution in [0, 0.1) is 5.92 Å². The highest BCUT2D eigenvalue weighted by molar-refractivity contribution is 9.10. The molecule has 2 rings (SSSR count). The molecule has 1 N–H and O–H groups in total. The SMILES string of the molecule is CN1CCCC(CNCc2ccc(Cl)cc2Br)C1. The van der Waals surface area contributed by atoms with Crippen molar-refractivity contribution in [3.05, 3.63) is 33.3 Å². The molecule has 0 aromatic heterocycles. The van der Waals surface area contributed by atoms with E-state index in [0.717, 1.165) is 28.5 Å². The Hall–Kier alpha value is -0.0900. The van der Waals surface area contributed by atoms with E-state index in [9.17, 15) is 0 Å². The second-order valence-corrected chi connectivity index (χ2v) is 6.43. The molecule has 0 amide bonds. The Balaban J connectivity index is 1.77. The topological polar surface area (TPSA) is 15.3 Å². The molecule has 4 heteroatoms. The van der Waals surface area contributed by atoms with Crippen molar-refractivity contribution in [2.75, 3.05) is 26.7 Å². The smallest absolute Gasteiger partial charge is 0.0417 e. The van der Waals surface area contributed by atoms with Crippen molar-refractivity contribution < 1.29 is 0 Å². The van der Waals surface area contributed by atoms with Crippen LogP contribution in [0.5, 0.6) is 0 Å². The lowest BCUT2D eigenvalue weighted by Gasteiger charge is -2.29. The summed E-state index contributed by atoms with van der Waals surface area (Å²) in [6, 6.07) is 5.97. The number of nitrogens with zero attached hydrogens (tertiary/aromatic N) is 1. The van der Waals surface area contributed by atoms with Gasteiger partial charge >= 0.3 is 0 Å². The molecule has 1 saturated heterocycles. The second-order valence-electron chi connectivity index (χ2n) is 5.14. The van der Waals surface area contributed by atoms with Crippen molar-refractivity contribution in [3.63, 3.8) is 0 Å². The van der Waals surface area contributed by atoms with E-state index in [-0.39, 0.29) is 0 Å². The van der Waals surface area contributed by atoms with Crippen LogP contribution in [0.3, 0.4) is 0 Å².